The fraction of sp³-hybridized carbons (Fsp3) is 0.273. The van der Waals surface area contributed by atoms with E-state index in [0.717, 1.165) is 5.56 Å². The Morgan fingerprint density at radius 1 is 1.23 bits per heavy atom. The largest absolute Gasteiger partial charge is 0.364 e. The number of aryl methyl sites for hydroxylation is 1. The summed E-state index contributed by atoms with van der Waals surface area (Å²) in [4.78, 5) is 19.7. The second-order valence-corrected chi connectivity index (χ2v) is 9.63. The van der Waals surface area contributed by atoms with Crippen molar-refractivity contribution in [2.75, 3.05) is 13.1 Å². The van der Waals surface area contributed by atoms with Crippen LogP contribution in [-0.2, 0) is 10.0 Å². The second kappa shape index (κ2) is 8.24. The van der Waals surface area contributed by atoms with Gasteiger partial charge in [0.2, 0.25) is 10.0 Å². The third-order valence-corrected chi connectivity index (χ3v) is 7.41. The number of aromatic amines is 1. The molecule has 2 aromatic carbocycles. The molecule has 0 saturated carbocycles. The first-order chi connectivity index (χ1) is 14.8. The van der Waals surface area contributed by atoms with Crippen molar-refractivity contribution >= 4 is 15.9 Å². The molecule has 1 aliphatic rings. The minimum absolute atomic E-state index is 0.0642. The van der Waals surface area contributed by atoms with Crippen molar-refractivity contribution in [3.63, 3.8) is 0 Å². The molecule has 7 nitrogen and oxygen atoms in total. The van der Waals surface area contributed by atoms with Crippen LogP contribution in [0.5, 0.6) is 0 Å². The van der Waals surface area contributed by atoms with Gasteiger partial charge in [0, 0.05) is 24.6 Å². The number of amides is 1. The average molecular weight is 443 g/mol. The fourth-order valence-corrected chi connectivity index (χ4v) is 5.49. The van der Waals surface area contributed by atoms with E-state index in [1.165, 1.54) is 29.4 Å². The number of benzene rings is 2. The van der Waals surface area contributed by atoms with Crippen LogP contribution in [0.3, 0.4) is 0 Å². The van der Waals surface area contributed by atoms with E-state index in [1.54, 1.807) is 0 Å². The first-order valence-electron chi connectivity index (χ1n) is 9.99. The van der Waals surface area contributed by atoms with E-state index < -0.39 is 21.7 Å². The number of primary amides is 1. The molecule has 1 fully saturated rings. The van der Waals surface area contributed by atoms with Crippen LogP contribution in [0.15, 0.2) is 53.4 Å². The van der Waals surface area contributed by atoms with Gasteiger partial charge in [-0.3, -0.25) is 4.79 Å². The van der Waals surface area contributed by atoms with Gasteiger partial charge in [0.15, 0.2) is 0 Å². The maximum absolute atomic E-state index is 13.6. The molecule has 1 amide bonds. The molecule has 3 aromatic rings. The standard InChI is InChI=1S/C22H23FN4O3S/c1-14-12-17(9-10-18(14)23)31(29,30)27-11-5-8-16(13-27)22-25-19(20(26-22)21(24)28)15-6-3-2-4-7-15/h2-4,6-7,9-10,12,16H,5,8,11,13H2,1H3,(H2,24,28)(H,25,26)/t16-/m0/s1. The first-order valence-corrected chi connectivity index (χ1v) is 11.4. The lowest BCUT2D eigenvalue weighted by Crippen LogP contribution is -2.39. The van der Waals surface area contributed by atoms with Crippen LogP contribution < -0.4 is 5.73 Å². The number of hydrogen-bond donors (Lipinski definition) is 2. The van der Waals surface area contributed by atoms with Crippen molar-refractivity contribution in [3.8, 4) is 11.3 Å². The van der Waals surface area contributed by atoms with E-state index in [0.29, 0.717) is 30.9 Å². The highest BCUT2D eigenvalue weighted by Gasteiger charge is 2.33. The number of nitrogens with zero attached hydrogens (tertiary/aromatic N) is 2. The molecule has 1 aromatic heterocycles. The van der Waals surface area contributed by atoms with E-state index in [9.17, 15) is 17.6 Å². The van der Waals surface area contributed by atoms with Crippen molar-refractivity contribution in [2.45, 2.75) is 30.6 Å². The second-order valence-electron chi connectivity index (χ2n) is 7.69. The summed E-state index contributed by atoms with van der Waals surface area (Å²) in [5.74, 6) is -0.762. The van der Waals surface area contributed by atoms with Crippen molar-refractivity contribution in [2.24, 2.45) is 5.73 Å². The Hall–Kier alpha value is -3.04. The molecule has 0 unspecified atom stereocenters. The van der Waals surface area contributed by atoms with Gasteiger partial charge in [0.05, 0.1) is 4.90 Å². The smallest absolute Gasteiger partial charge is 0.267 e. The summed E-state index contributed by atoms with van der Waals surface area (Å²) in [6.45, 7) is 2.11. The van der Waals surface area contributed by atoms with Crippen LogP contribution in [0.1, 0.15) is 40.6 Å². The van der Waals surface area contributed by atoms with Crippen LogP contribution in [0.2, 0.25) is 0 Å². The van der Waals surface area contributed by atoms with Crippen molar-refractivity contribution in [1.82, 2.24) is 14.3 Å². The molecule has 1 saturated heterocycles. The van der Waals surface area contributed by atoms with Gasteiger partial charge in [0.1, 0.15) is 23.0 Å². The number of rotatable bonds is 5. The molecule has 9 heteroatoms. The topological polar surface area (TPSA) is 109 Å². The molecule has 162 valence electrons. The summed E-state index contributed by atoms with van der Waals surface area (Å²) in [7, 11) is -3.78. The maximum Gasteiger partial charge on any atom is 0.267 e. The number of carbonyl (C=O) groups is 1. The molecular formula is C22H23FN4O3S. The quantitative estimate of drug-likeness (QED) is 0.632. The highest BCUT2D eigenvalue weighted by molar-refractivity contribution is 7.89. The number of imidazole rings is 1. The van der Waals surface area contributed by atoms with E-state index in [-0.39, 0.29) is 28.6 Å². The molecule has 0 aliphatic carbocycles. The van der Waals surface area contributed by atoms with Gasteiger partial charge in [0.25, 0.3) is 5.91 Å². The summed E-state index contributed by atoms with van der Waals surface area (Å²) in [6, 6.07) is 13.0. The molecule has 1 atom stereocenters. The normalized spacial score (nSPS) is 17.5. The molecule has 0 spiro atoms. The minimum Gasteiger partial charge on any atom is -0.364 e. The van der Waals surface area contributed by atoms with Crippen LogP contribution >= 0.6 is 0 Å². The van der Waals surface area contributed by atoms with Gasteiger partial charge in [-0.15, -0.1) is 0 Å². The van der Waals surface area contributed by atoms with Gasteiger partial charge in [-0.05, 0) is 43.5 Å². The molecule has 4 rings (SSSR count). The third-order valence-electron chi connectivity index (χ3n) is 5.55. The summed E-state index contributed by atoms with van der Waals surface area (Å²) in [5, 5.41) is 0. The van der Waals surface area contributed by atoms with E-state index in [4.69, 9.17) is 5.73 Å². The van der Waals surface area contributed by atoms with E-state index >= 15 is 0 Å². The predicted molar refractivity (Wildman–Crippen MR) is 114 cm³/mol. The Morgan fingerprint density at radius 2 is 1.97 bits per heavy atom. The molecular weight excluding hydrogens is 419 g/mol. The SMILES string of the molecule is Cc1cc(S(=O)(=O)N2CCC[C@H](c3nc(-c4ccccc4)c(C(N)=O)[nH]3)C2)ccc1F. The van der Waals surface area contributed by atoms with Gasteiger partial charge >= 0.3 is 0 Å². The van der Waals surface area contributed by atoms with Crippen molar-refractivity contribution in [3.05, 3.63) is 71.4 Å². The van der Waals surface area contributed by atoms with Crippen molar-refractivity contribution < 1.29 is 17.6 Å². The molecule has 31 heavy (non-hydrogen) atoms. The molecule has 0 bridgehead atoms. The Labute approximate surface area is 180 Å². The Morgan fingerprint density at radius 3 is 2.65 bits per heavy atom. The molecule has 0 radical (unpaired) electrons. The molecule has 1 aliphatic heterocycles. The number of nitrogens with one attached hydrogen (secondary N) is 1. The summed E-state index contributed by atoms with van der Waals surface area (Å²) >= 11 is 0. The monoisotopic (exact) mass is 442 g/mol. The Kier molecular flexibility index (Phi) is 5.63. The number of piperidine rings is 1. The predicted octanol–water partition coefficient (Wildman–Crippen LogP) is 3.19. The van der Waals surface area contributed by atoms with Crippen molar-refractivity contribution in [1.29, 1.82) is 0 Å². The van der Waals surface area contributed by atoms with E-state index in [2.05, 4.69) is 9.97 Å². The third kappa shape index (κ3) is 4.11. The lowest BCUT2D eigenvalue weighted by molar-refractivity contribution is 0.0996. The number of nitrogens with two attached hydrogens (primary N) is 1. The van der Waals surface area contributed by atoms with Crippen LogP contribution in [0.4, 0.5) is 4.39 Å². The number of sulfonamides is 1. The van der Waals surface area contributed by atoms with Gasteiger partial charge < -0.3 is 10.7 Å². The number of aromatic nitrogens is 2. The minimum atomic E-state index is -3.78. The average Bonchev–Trinajstić information content (AvgIpc) is 3.22. The van der Waals surface area contributed by atoms with Gasteiger partial charge in [-0.2, -0.15) is 4.31 Å². The maximum atomic E-state index is 13.6. The Bertz CT molecular complexity index is 1220. The zero-order valence-electron chi connectivity index (χ0n) is 17.0. The summed E-state index contributed by atoms with van der Waals surface area (Å²) < 4.78 is 41.2. The van der Waals surface area contributed by atoms with Crippen LogP contribution in [0.25, 0.3) is 11.3 Å². The number of halogens is 1. The highest BCUT2D eigenvalue weighted by atomic mass is 32.2. The van der Waals surface area contributed by atoms with Crippen LogP contribution in [-0.4, -0.2) is 41.7 Å². The lowest BCUT2D eigenvalue weighted by Gasteiger charge is -2.31. The summed E-state index contributed by atoms with van der Waals surface area (Å²) in [5.41, 5.74) is 7.23. The lowest BCUT2D eigenvalue weighted by atomic mass is 9.99. The highest BCUT2D eigenvalue weighted by Crippen LogP contribution is 2.32. The zero-order valence-corrected chi connectivity index (χ0v) is 17.8. The van der Waals surface area contributed by atoms with Gasteiger partial charge in [-0.1, -0.05) is 30.3 Å². The molecule has 3 N–H and O–H groups in total. The number of H-pyrrole nitrogens is 1. The number of carbonyl (C=O) groups excluding carboxylic acids is 1. The number of hydrogen-bond acceptors (Lipinski definition) is 4. The fourth-order valence-electron chi connectivity index (χ4n) is 3.88. The summed E-state index contributed by atoms with van der Waals surface area (Å²) in [6.07, 6.45) is 1.35. The first kappa shape index (κ1) is 21.2. The molecule has 2 heterocycles. The van der Waals surface area contributed by atoms with Gasteiger partial charge in [-0.25, -0.2) is 17.8 Å². The zero-order chi connectivity index (χ0) is 22.2. The Balaban J connectivity index is 1.64. The van der Waals surface area contributed by atoms with Crippen LogP contribution in [0, 0.1) is 12.7 Å². The van der Waals surface area contributed by atoms with E-state index in [1.807, 2.05) is 30.3 Å².